The molecule has 2 rings (SSSR count). The number of nitrogens with one attached hydrogen (secondary N) is 1. The highest BCUT2D eigenvalue weighted by molar-refractivity contribution is 6.29. The minimum atomic E-state index is -0.0709. The maximum absolute atomic E-state index is 12.0. The van der Waals surface area contributed by atoms with Gasteiger partial charge >= 0.3 is 0 Å². The number of benzene rings is 1. The number of hydrogen-bond donors (Lipinski definition) is 1. The summed E-state index contributed by atoms with van der Waals surface area (Å²) in [4.78, 5) is 16.3. The summed E-state index contributed by atoms with van der Waals surface area (Å²) in [6.07, 6.45) is 0.907. The van der Waals surface area contributed by atoms with Crippen molar-refractivity contribution in [3.63, 3.8) is 0 Å². The van der Waals surface area contributed by atoms with E-state index < -0.39 is 0 Å². The smallest absolute Gasteiger partial charge is 0.251 e. The van der Waals surface area contributed by atoms with E-state index in [9.17, 15) is 4.79 Å². The molecule has 1 amide bonds. The van der Waals surface area contributed by atoms with Gasteiger partial charge < -0.3 is 9.88 Å². The van der Waals surface area contributed by atoms with Crippen molar-refractivity contribution >= 4 is 28.5 Å². The van der Waals surface area contributed by atoms with Crippen LogP contribution in [0.1, 0.15) is 37.6 Å². The molecule has 1 atom stereocenters. The summed E-state index contributed by atoms with van der Waals surface area (Å²) in [7, 11) is 0. The van der Waals surface area contributed by atoms with Gasteiger partial charge in [-0.3, -0.25) is 4.79 Å². The monoisotopic (exact) mass is 279 g/mol. The Bertz CT molecular complexity index is 606. The normalized spacial score (nSPS) is 12.6. The van der Waals surface area contributed by atoms with Crippen molar-refractivity contribution in [3.05, 3.63) is 29.0 Å². The number of nitrogens with zero attached hydrogens (tertiary/aromatic N) is 2. The number of halogens is 1. The van der Waals surface area contributed by atoms with E-state index in [0.717, 1.165) is 24.0 Å². The molecule has 1 aromatic carbocycles. The molecule has 0 radical (unpaired) electrons. The average Bonchev–Trinajstić information content (AvgIpc) is 2.72. The van der Waals surface area contributed by atoms with Crippen LogP contribution in [0, 0.1) is 0 Å². The number of amides is 1. The van der Waals surface area contributed by atoms with Crippen molar-refractivity contribution in [2.45, 2.75) is 39.8 Å². The molecule has 102 valence electrons. The van der Waals surface area contributed by atoms with Gasteiger partial charge in [-0.2, -0.15) is 0 Å². The zero-order valence-electron chi connectivity index (χ0n) is 11.4. The van der Waals surface area contributed by atoms with Gasteiger partial charge in [0.1, 0.15) is 0 Å². The summed E-state index contributed by atoms with van der Waals surface area (Å²) in [5.74, 6) is -0.0709. The molecule has 2 aromatic rings. The van der Waals surface area contributed by atoms with Crippen LogP contribution in [0.4, 0.5) is 0 Å². The van der Waals surface area contributed by atoms with Crippen LogP contribution in [0.2, 0.25) is 5.28 Å². The van der Waals surface area contributed by atoms with Crippen molar-refractivity contribution in [3.8, 4) is 0 Å². The molecule has 0 saturated carbocycles. The summed E-state index contributed by atoms with van der Waals surface area (Å²) in [6, 6.07) is 5.65. The third-order valence-electron chi connectivity index (χ3n) is 3.27. The molecule has 0 aliphatic heterocycles. The lowest BCUT2D eigenvalue weighted by atomic mass is 10.1. The number of imidazole rings is 1. The second-order valence-electron chi connectivity index (χ2n) is 4.61. The van der Waals surface area contributed by atoms with Gasteiger partial charge in [0.2, 0.25) is 5.28 Å². The molecule has 0 saturated heterocycles. The fourth-order valence-corrected chi connectivity index (χ4v) is 2.25. The van der Waals surface area contributed by atoms with Gasteiger partial charge in [0.25, 0.3) is 5.91 Å². The maximum Gasteiger partial charge on any atom is 0.251 e. The van der Waals surface area contributed by atoms with Crippen LogP contribution >= 0.6 is 11.6 Å². The van der Waals surface area contributed by atoms with Crippen LogP contribution in [-0.4, -0.2) is 21.5 Å². The zero-order valence-corrected chi connectivity index (χ0v) is 12.2. The van der Waals surface area contributed by atoms with E-state index >= 15 is 0 Å². The quantitative estimate of drug-likeness (QED) is 0.934. The zero-order chi connectivity index (χ0) is 14.0. The van der Waals surface area contributed by atoms with Crippen LogP contribution < -0.4 is 5.32 Å². The van der Waals surface area contributed by atoms with Crippen LogP contribution in [0.15, 0.2) is 18.2 Å². The fourth-order valence-electron chi connectivity index (χ4n) is 1.95. The molecule has 0 spiro atoms. The molecule has 5 heteroatoms. The van der Waals surface area contributed by atoms with E-state index in [1.807, 2.05) is 37.5 Å². The number of carbonyl (C=O) groups is 1. The Morgan fingerprint density at radius 2 is 2.21 bits per heavy atom. The molecule has 4 nitrogen and oxygen atoms in total. The molecule has 1 aromatic heterocycles. The SMILES string of the molecule is CC[C@H](C)NC(=O)c1ccc2c(c1)nc(Cl)n2CC. The minimum absolute atomic E-state index is 0.0709. The van der Waals surface area contributed by atoms with E-state index in [4.69, 9.17) is 11.6 Å². The highest BCUT2D eigenvalue weighted by Gasteiger charge is 2.12. The lowest BCUT2D eigenvalue weighted by molar-refractivity contribution is 0.0939. The van der Waals surface area contributed by atoms with E-state index in [0.29, 0.717) is 10.8 Å². The molecule has 0 bridgehead atoms. The summed E-state index contributed by atoms with van der Waals surface area (Å²) >= 11 is 6.06. The van der Waals surface area contributed by atoms with Gasteiger partial charge in [-0.05, 0) is 50.1 Å². The van der Waals surface area contributed by atoms with Crippen molar-refractivity contribution in [1.29, 1.82) is 0 Å². The Morgan fingerprint density at radius 1 is 1.47 bits per heavy atom. The lowest BCUT2D eigenvalue weighted by Crippen LogP contribution is -2.31. The number of rotatable bonds is 4. The van der Waals surface area contributed by atoms with E-state index in [2.05, 4.69) is 10.3 Å². The summed E-state index contributed by atoms with van der Waals surface area (Å²) in [6.45, 7) is 6.79. The molecule has 1 N–H and O–H groups in total. The predicted molar refractivity (Wildman–Crippen MR) is 77.6 cm³/mol. The fraction of sp³-hybridized carbons (Fsp3) is 0.429. The van der Waals surface area contributed by atoms with E-state index in [1.165, 1.54) is 0 Å². The summed E-state index contributed by atoms with van der Waals surface area (Å²) in [5.41, 5.74) is 2.32. The van der Waals surface area contributed by atoms with Gasteiger partial charge in [0.05, 0.1) is 11.0 Å². The number of hydrogen-bond acceptors (Lipinski definition) is 2. The Labute approximate surface area is 117 Å². The topological polar surface area (TPSA) is 46.9 Å². The second kappa shape index (κ2) is 5.61. The third kappa shape index (κ3) is 2.73. The van der Waals surface area contributed by atoms with Crippen LogP contribution in [0.3, 0.4) is 0 Å². The van der Waals surface area contributed by atoms with Gasteiger partial charge in [0.15, 0.2) is 0 Å². The van der Waals surface area contributed by atoms with E-state index in [1.54, 1.807) is 6.07 Å². The Morgan fingerprint density at radius 3 is 2.84 bits per heavy atom. The van der Waals surface area contributed by atoms with Gasteiger partial charge in [-0.1, -0.05) is 6.92 Å². The number of aromatic nitrogens is 2. The van der Waals surface area contributed by atoms with Gasteiger partial charge in [-0.25, -0.2) is 4.98 Å². The third-order valence-corrected chi connectivity index (χ3v) is 3.56. The Balaban J connectivity index is 2.34. The maximum atomic E-state index is 12.0. The molecule has 0 aliphatic carbocycles. The Hall–Kier alpha value is -1.55. The molecule has 0 aliphatic rings. The summed E-state index contributed by atoms with van der Waals surface area (Å²) < 4.78 is 1.91. The van der Waals surface area contributed by atoms with Crippen molar-refractivity contribution < 1.29 is 4.79 Å². The first-order valence-electron chi connectivity index (χ1n) is 6.53. The van der Waals surface area contributed by atoms with Crippen LogP contribution in [-0.2, 0) is 6.54 Å². The van der Waals surface area contributed by atoms with Crippen molar-refractivity contribution in [2.24, 2.45) is 0 Å². The van der Waals surface area contributed by atoms with Gasteiger partial charge in [0, 0.05) is 18.2 Å². The minimum Gasteiger partial charge on any atom is -0.350 e. The van der Waals surface area contributed by atoms with E-state index in [-0.39, 0.29) is 11.9 Å². The molecular weight excluding hydrogens is 262 g/mol. The molecule has 19 heavy (non-hydrogen) atoms. The molecular formula is C14H18ClN3O. The van der Waals surface area contributed by atoms with Crippen molar-refractivity contribution in [1.82, 2.24) is 14.9 Å². The number of fused-ring (bicyclic) bond motifs is 1. The first-order chi connectivity index (χ1) is 9.06. The summed E-state index contributed by atoms with van der Waals surface area (Å²) in [5, 5.41) is 3.39. The number of carbonyl (C=O) groups excluding carboxylic acids is 1. The first-order valence-corrected chi connectivity index (χ1v) is 6.91. The largest absolute Gasteiger partial charge is 0.350 e. The second-order valence-corrected chi connectivity index (χ2v) is 4.95. The van der Waals surface area contributed by atoms with Crippen molar-refractivity contribution in [2.75, 3.05) is 0 Å². The molecule has 1 heterocycles. The van der Waals surface area contributed by atoms with Crippen LogP contribution in [0.25, 0.3) is 11.0 Å². The van der Waals surface area contributed by atoms with Crippen LogP contribution in [0.5, 0.6) is 0 Å². The Kier molecular flexibility index (Phi) is 4.10. The standard InChI is InChI=1S/C14H18ClN3O/c1-4-9(3)16-13(19)10-6-7-12-11(8-10)17-14(15)18(12)5-2/h6-9H,4-5H2,1-3H3,(H,16,19)/t9-/m0/s1. The first kappa shape index (κ1) is 13.9. The van der Waals surface area contributed by atoms with Gasteiger partial charge in [-0.15, -0.1) is 0 Å². The lowest BCUT2D eigenvalue weighted by Gasteiger charge is -2.11. The average molecular weight is 280 g/mol. The highest BCUT2D eigenvalue weighted by Crippen LogP contribution is 2.21. The molecule has 0 unspecified atom stereocenters. The highest BCUT2D eigenvalue weighted by atomic mass is 35.5. The predicted octanol–water partition coefficient (Wildman–Crippen LogP) is 3.24. The number of aryl methyl sites for hydroxylation is 1. The molecule has 0 fully saturated rings.